The smallest absolute Gasteiger partial charge is 0.124 e. The standard InChI is InChI=1S/C16H17FN2O/c1-12-7-14(17)4-5-16(12)20-15-10-19(11-15)9-13-3-2-6-18-8-13/h2-8,15H,9-11H2,1H3. The number of hydrogen-bond acceptors (Lipinski definition) is 3. The van der Waals surface area contributed by atoms with Gasteiger partial charge in [-0.15, -0.1) is 0 Å². The number of benzene rings is 1. The molecule has 0 N–H and O–H groups in total. The number of rotatable bonds is 4. The normalized spacial score (nSPS) is 15.9. The zero-order chi connectivity index (χ0) is 13.9. The van der Waals surface area contributed by atoms with Crippen molar-refractivity contribution in [3.05, 3.63) is 59.7 Å². The van der Waals surface area contributed by atoms with Gasteiger partial charge in [-0.05, 0) is 42.3 Å². The second-order valence-electron chi connectivity index (χ2n) is 5.21. The molecule has 0 saturated carbocycles. The summed E-state index contributed by atoms with van der Waals surface area (Å²) >= 11 is 0. The van der Waals surface area contributed by atoms with Gasteiger partial charge in [0.1, 0.15) is 17.7 Å². The van der Waals surface area contributed by atoms with Crippen LogP contribution in [0, 0.1) is 12.7 Å². The van der Waals surface area contributed by atoms with Crippen molar-refractivity contribution in [1.82, 2.24) is 9.88 Å². The molecule has 1 aromatic carbocycles. The lowest BCUT2D eigenvalue weighted by molar-refractivity contribution is 0.0141. The predicted octanol–water partition coefficient (Wildman–Crippen LogP) is 2.79. The average Bonchev–Trinajstić information content (AvgIpc) is 2.40. The van der Waals surface area contributed by atoms with E-state index in [-0.39, 0.29) is 11.9 Å². The molecule has 1 fully saturated rings. The van der Waals surface area contributed by atoms with Crippen LogP contribution in [0.15, 0.2) is 42.7 Å². The van der Waals surface area contributed by atoms with E-state index in [1.807, 2.05) is 19.2 Å². The maximum absolute atomic E-state index is 13.0. The van der Waals surface area contributed by atoms with E-state index in [1.165, 1.54) is 17.7 Å². The molecular formula is C16H17FN2O. The van der Waals surface area contributed by atoms with Crippen molar-refractivity contribution in [2.24, 2.45) is 0 Å². The van der Waals surface area contributed by atoms with Crippen molar-refractivity contribution < 1.29 is 9.13 Å². The van der Waals surface area contributed by atoms with Crippen molar-refractivity contribution in [3.8, 4) is 5.75 Å². The van der Waals surface area contributed by atoms with Gasteiger partial charge in [-0.3, -0.25) is 9.88 Å². The molecule has 0 amide bonds. The van der Waals surface area contributed by atoms with Crippen molar-refractivity contribution in [2.75, 3.05) is 13.1 Å². The number of aromatic nitrogens is 1. The van der Waals surface area contributed by atoms with Crippen LogP contribution in [-0.2, 0) is 6.54 Å². The zero-order valence-electron chi connectivity index (χ0n) is 11.4. The molecular weight excluding hydrogens is 255 g/mol. The van der Waals surface area contributed by atoms with Gasteiger partial charge in [0.25, 0.3) is 0 Å². The summed E-state index contributed by atoms with van der Waals surface area (Å²) in [6.45, 7) is 4.55. The number of ether oxygens (including phenoxy) is 1. The van der Waals surface area contributed by atoms with E-state index in [0.717, 1.165) is 30.9 Å². The molecule has 0 spiro atoms. The lowest BCUT2D eigenvalue weighted by atomic mass is 10.1. The number of aryl methyl sites for hydroxylation is 1. The molecule has 0 bridgehead atoms. The van der Waals surface area contributed by atoms with Crippen molar-refractivity contribution in [2.45, 2.75) is 19.6 Å². The molecule has 0 radical (unpaired) electrons. The van der Waals surface area contributed by atoms with E-state index in [9.17, 15) is 4.39 Å². The van der Waals surface area contributed by atoms with Crippen molar-refractivity contribution >= 4 is 0 Å². The Morgan fingerprint density at radius 2 is 2.20 bits per heavy atom. The highest BCUT2D eigenvalue weighted by atomic mass is 19.1. The van der Waals surface area contributed by atoms with Crippen LogP contribution in [0.25, 0.3) is 0 Å². The van der Waals surface area contributed by atoms with Gasteiger partial charge < -0.3 is 4.74 Å². The van der Waals surface area contributed by atoms with E-state index in [0.29, 0.717) is 0 Å². The Morgan fingerprint density at radius 1 is 1.35 bits per heavy atom. The monoisotopic (exact) mass is 272 g/mol. The molecule has 2 aromatic rings. The van der Waals surface area contributed by atoms with Crippen molar-refractivity contribution in [3.63, 3.8) is 0 Å². The van der Waals surface area contributed by atoms with Gasteiger partial charge in [0.05, 0.1) is 0 Å². The molecule has 1 aliphatic rings. The largest absolute Gasteiger partial charge is 0.487 e. The van der Waals surface area contributed by atoms with Crippen LogP contribution < -0.4 is 4.74 Å². The van der Waals surface area contributed by atoms with Crippen LogP contribution in [0.5, 0.6) is 5.75 Å². The predicted molar refractivity (Wildman–Crippen MR) is 75.1 cm³/mol. The summed E-state index contributed by atoms with van der Waals surface area (Å²) in [6.07, 6.45) is 3.86. The summed E-state index contributed by atoms with van der Waals surface area (Å²) in [5, 5.41) is 0. The highest BCUT2D eigenvalue weighted by molar-refractivity contribution is 5.33. The topological polar surface area (TPSA) is 25.4 Å². The SMILES string of the molecule is Cc1cc(F)ccc1OC1CN(Cc2cccnc2)C1. The zero-order valence-corrected chi connectivity index (χ0v) is 11.4. The third-order valence-corrected chi connectivity index (χ3v) is 3.48. The molecule has 4 heteroatoms. The number of hydrogen-bond donors (Lipinski definition) is 0. The Bertz CT molecular complexity index is 582. The third kappa shape index (κ3) is 2.96. The fourth-order valence-electron chi connectivity index (χ4n) is 2.40. The summed E-state index contributed by atoms with van der Waals surface area (Å²) < 4.78 is 18.9. The Labute approximate surface area is 118 Å². The van der Waals surface area contributed by atoms with Gasteiger partial charge in [-0.2, -0.15) is 0 Å². The lowest BCUT2D eigenvalue weighted by Gasteiger charge is -2.39. The van der Waals surface area contributed by atoms with Gasteiger partial charge in [0, 0.05) is 32.0 Å². The molecule has 20 heavy (non-hydrogen) atoms. The summed E-state index contributed by atoms with van der Waals surface area (Å²) in [4.78, 5) is 6.42. The number of halogens is 1. The molecule has 0 atom stereocenters. The molecule has 3 rings (SSSR count). The minimum absolute atomic E-state index is 0.191. The quantitative estimate of drug-likeness (QED) is 0.855. The van der Waals surface area contributed by atoms with E-state index >= 15 is 0 Å². The van der Waals surface area contributed by atoms with Crippen LogP contribution in [-0.4, -0.2) is 29.1 Å². The van der Waals surface area contributed by atoms with E-state index in [4.69, 9.17) is 4.74 Å². The Kier molecular flexibility index (Phi) is 3.65. The third-order valence-electron chi connectivity index (χ3n) is 3.48. The average molecular weight is 272 g/mol. The van der Waals surface area contributed by atoms with Crippen LogP contribution in [0.4, 0.5) is 4.39 Å². The molecule has 3 nitrogen and oxygen atoms in total. The molecule has 1 aliphatic heterocycles. The van der Waals surface area contributed by atoms with E-state index in [2.05, 4.69) is 16.0 Å². The summed E-state index contributed by atoms with van der Waals surface area (Å²) in [5.41, 5.74) is 2.06. The molecule has 104 valence electrons. The van der Waals surface area contributed by atoms with Crippen LogP contribution in [0.1, 0.15) is 11.1 Å². The molecule has 1 saturated heterocycles. The fraction of sp³-hybridized carbons (Fsp3) is 0.312. The highest BCUT2D eigenvalue weighted by Crippen LogP contribution is 2.23. The Morgan fingerprint density at radius 3 is 2.90 bits per heavy atom. The minimum atomic E-state index is -0.221. The maximum atomic E-state index is 13.0. The first kappa shape index (κ1) is 13.1. The molecule has 0 aliphatic carbocycles. The first-order valence-electron chi connectivity index (χ1n) is 6.75. The first-order valence-corrected chi connectivity index (χ1v) is 6.75. The number of likely N-dealkylation sites (tertiary alicyclic amines) is 1. The second kappa shape index (κ2) is 5.59. The molecule has 1 aromatic heterocycles. The fourth-order valence-corrected chi connectivity index (χ4v) is 2.40. The van der Waals surface area contributed by atoms with Gasteiger partial charge in [0.2, 0.25) is 0 Å². The van der Waals surface area contributed by atoms with Crippen LogP contribution >= 0.6 is 0 Å². The number of pyridine rings is 1. The van der Waals surface area contributed by atoms with E-state index < -0.39 is 0 Å². The minimum Gasteiger partial charge on any atom is -0.487 e. The van der Waals surface area contributed by atoms with E-state index in [1.54, 1.807) is 12.3 Å². The summed E-state index contributed by atoms with van der Waals surface area (Å²) in [5.74, 6) is 0.555. The first-order chi connectivity index (χ1) is 9.70. The summed E-state index contributed by atoms with van der Waals surface area (Å²) in [7, 11) is 0. The maximum Gasteiger partial charge on any atom is 0.124 e. The Balaban J connectivity index is 1.51. The number of nitrogens with zero attached hydrogens (tertiary/aromatic N) is 2. The van der Waals surface area contributed by atoms with Crippen molar-refractivity contribution in [1.29, 1.82) is 0 Å². The van der Waals surface area contributed by atoms with Gasteiger partial charge in [0.15, 0.2) is 0 Å². The lowest BCUT2D eigenvalue weighted by Crippen LogP contribution is -2.53. The molecule has 0 unspecified atom stereocenters. The van der Waals surface area contributed by atoms with Crippen LogP contribution in [0.3, 0.4) is 0 Å². The summed E-state index contributed by atoms with van der Waals surface area (Å²) in [6, 6.07) is 8.67. The van der Waals surface area contributed by atoms with Gasteiger partial charge >= 0.3 is 0 Å². The van der Waals surface area contributed by atoms with Gasteiger partial charge in [-0.25, -0.2) is 4.39 Å². The second-order valence-corrected chi connectivity index (χ2v) is 5.21. The van der Waals surface area contributed by atoms with Crippen LogP contribution in [0.2, 0.25) is 0 Å². The molecule has 2 heterocycles. The Hall–Kier alpha value is -1.94. The van der Waals surface area contributed by atoms with Gasteiger partial charge in [-0.1, -0.05) is 6.07 Å². The highest BCUT2D eigenvalue weighted by Gasteiger charge is 2.28.